The van der Waals surface area contributed by atoms with Gasteiger partial charge in [0.25, 0.3) is 0 Å². The summed E-state index contributed by atoms with van der Waals surface area (Å²) in [6.45, 7) is 5.90. The van der Waals surface area contributed by atoms with Gasteiger partial charge in [-0.15, -0.1) is 0 Å². The number of anilines is 2. The molecule has 0 fully saturated rings. The lowest BCUT2D eigenvalue weighted by Gasteiger charge is -2.16. The van der Waals surface area contributed by atoms with Gasteiger partial charge in [0.05, 0.1) is 11.8 Å². The maximum Gasteiger partial charge on any atom is 0.239 e. The van der Waals surface area contributed by atoms with Gasteiger partial charge in [-0.1, -0.05) is 0 Å². The molecule has 1 aromatic heterocycles. The lowest BCUT2D eigenvalue weighted by molar-refractivity contribution is 0.234. The zero-order chi connectivity index (χ0) is 14.4. The van der Waals surface area contributed by atoms with Gasteiger partial charge in [0.1, 0.15) is 5.82 Å². The fourth-order valence-electron chi connectivity index (χ4n) is 1.52. The van der Waals surface area contributed by atoms with Crippen molar-refractivity contribution in [1.29, 1.82) is 0 Å². The normalized spacial score (nSPS) is 14.2. The Labute approximate surface area is 117 Å². The number of nitrogens with two attached hydrogens (primary N) is 1. The van der Waals surface area contributed by atoms with Gasteiger partial charge in [-0.05, 0) is 39.3 Å². The van der Waals surface area contributed by atoms with E-state index in [-0.39, 0.29) is 12.1 Å². The van der Waals surface area contributed by atoms with Crippen molar-refractivity contribution in [3.63, 3.8) is 0 Å². The van der Waals surface area contributed by atoms with Gasteiger partial charge in [0, 0.05) is 28.9 Å². The summed E-state index contributed by atoms with van der Waals surface area (Å²) in [4.78, 5) is 4.35. The van der Waals surface area contributed by atoms with E-state index in [2.05, 4.69) is 10.3 Å². The maximum atomic E-state index is 11.1. The lowest BCUT2D eigenvalue weighted by Crippen LogP contribution is -2.19. The second-order valence-electron chi connectivity index (χ2n) is 4.87. The number of rotatable bonds is 7. The molecule has 1 aromatic rings. The summed E-state index contributed by atoms with van der Waals surface area (Å²) in [6.07, 6.45) is 2.57. The Morgan fingerprint density at radius 1 is 1.42 bits per heavy atom. The van der Waals surface area contributed by atoms with Crippen molar-refractivity contribution in [1.82, 2.24) is 4.98 Å². The first-order chi connectivity index (χ1) is 8.88. The Bertz CT molecular complexity index is 438. The molecule has 0 spiro atoms. The molecule has 0 amide bonds. The third-order valence-electron chi connectivity index (χ3n) is 2.47. The SMILES string of the molecule is CC(CCS(C)=O)Nc1ccc(N)c(OC(C)C)n1. The molecule has 0 aliphatic carbocycles. The van der Waals surface area contributed by atoms with Crippen LogP contribution in [0.5, 0.6) is 5.88 Å². The molecule has 6 heteroatoms. The zero-order valence-corrected chi connectivity index (χ0v) is 12.8. The van der Waals surface area contributed by atoms with Crippen LogP contribution in [0.2, 0.25) is 0 Å². The topological polar surface area (TPSA) is 77.2 Å². The standard InChI is InChI=1S/C13H23N3O2S/c1-9(2)18-13-11(14)5-6-12(16-13)15-10(3)7-8-19(4)17/h5-6,9-10H,7-8,14H2,1-4H3,(H,15,16). The van der Waals surface area contributed by atoms with Crippen molar-refractivity contribution < 1.29 is 8.95 Å². The number of nitrogen functional groups attached to an aromatic ring is 1. The van der Waals surface area contributed by atoms with Crippen molar-refractivity contribution >= 4 is 22.3 Å². The van der Waals surface area contributed by atoms with E-state index in [9.17, 15) is 4.21 Å². The molecule has 0 saturated heterocycles. The van der Waals surface area contributed by atoms with E-state index < -0.39 is 10.8 Å². The third-order valence-corrected chi connectivity index (χ3v) is 3.28. The zero-order valence-electron chi connectivity index (χ0n) is 12.0. The maximum absolute atomic E-state index is 11.1. The number of pyridine rings is 1. The van der Waals surface area contributed by atoms with Crippen molar-refractivity contribution in [2.24, 2.45) is 0 Å². The quantitative estimate of drug-likeness (QED) is 0.801. The Morgan fingerprint density at radius 2 is 2.11 bits per heavy atom. The van der Waals surface area contributed by atoms with Gasteiger partial charge < -0.3 is 15.8 Å². The van der Waals surface area contributed by atoms with Gasteiger partial charge in [0.15, 0.2) is 0 Å². The lowest BCUT2D eigenvalue weighted by atomic mass is 10.2. The molecule has 0 aliphatic heterocycles. The van der Waals surface area contributed by atoms with E-state index in [0.29, 0.717) is 17.3 Å². The second kappa shape index (κ2) is 7.33. The van der Waals surface area contributed by atoms with Gasteiger partial charge in [0.2, 0.25) is 5.88 Å². The Kier molecular flexibility index (Phi) is 6.08. The highest BCUT2D eigenvalue weighted by molar-refractivity contribution is 7.84. The first-order valence-corrected chi connectivity index (χ1v) is 8.11. The molecule has 1 heterocycles. The molecule has 0 bridgehead atoms. The van der Waals surface area contributed by atoms with Crippen molar-refractivity contribution in [2.45, 2.75) is 39.3 Å². The summed E-state index contributed by atoms with van der Waals surface area (Å²) < 4.78 is 16.6. The Balaban J connectivity index is 2.65. The van der Waals surface area contributed by atoms with Crippen LogP contribution in [0.1, 0.15) is 27.2 Å². The molecule has 2 atom stereocenters. The van der Waals surface area contributed by atoms with E-state index in [4.69, 9.17) is 10.5 Å². The van der Waals surface area contributed by atoms with E-state index in [1.165, 1.54) is 0 Å². The fraction of sp³-hybridized carbons (Fsp3) is 0.615. The van der Waals surface area contributed by atoms with Crippen LogP contribution in [0.25, 0.3) is 0 Å². The molecular weight excluding hydrogens is 262 g/mol. The smallest absolute Gasteiger partial charge is 0.239 e. The Morgan fingerprint density at radius 3 is 2.68 bits per heavy atom. The van der Waals surface area contributed by atoms with Crippen LogP contribution in [0.3, 0.4) is 0 Å². The summed E-state index contributed by atoms with van der Waals surface area (Å²) in [5.74, 6) is 1.85. The van der Waals surface area contributed by atoms with Crippen LogP contribution < -0.4 is 15.8 Å². The van der Waals surface area contributed by atoms with Crippen molar-refractivity contribution in [2.75, 3.05) is 23.1 Å². The van der Waals surface area contributed by atoms with Gasteiger partial charge in [-0.2, -0.15) is 4.98 Å². The number of hydrogen-bond donors (Lipinski definition) is 2. The van der Waals surface area contributed by atoms with E-state index >= 15 is 0 Å². The van der Waals surface area contributed by atoms with Gasteiger partial charge in [-0.3, -0.25) is 4.21 Å². The first kappa shape index (κ1) is 15.8. The summed E-state index contributed by atoms with van der Waals surface area (Å²) in [5.41, 5.74) is 6.34. The molecule has 0 aliphatic rings. The van der Waals surface area contributed by atoms with Crippen LogP contribution in [-0.4, -0.2) is 33.3 Å². The highest BCUT2D eigenvalue weighted by Crippen LogP contribution is 2.22. The predicted octanol–water partition coefficient (Wildman–Crippen LogP) is 2.02. The largest absolute Gasteiger partial charge is 0.473 e. The monoisotopic (exact) mass is 285 g/mol. The van der Waals surface area contributed by atoms with Gasteiger partial charge >= 0.3 is 0 Å². The molecule has 0 radical (unpaired) electrons. The average Bonchev–Trinajstić information content (AvgIpc) is 2.30. The highest BCUT2D eigenvalue weighted by atomic mass is 32.2. The Hall–Kier alpha value is -1.30. The summed E-state index contributed by atoms with van der Waals surface area (Å²) in [5, 5.41) is 3.26. The van der Waals surface area contributed by atoms with E-state index in [1.54, 1.807) is 12.3 Å². The summed E-state index contributed by atoms with van der Waals surface area (Å²) >= 11 is 0. The molecule has 108 valence electrons. The van der Waals surface area contributed by atoms with Crippen LogP contribution in [-0.2, 0) is 10.8 Å². The number of aromatic nitrogens is 1. The van der Waals surface area contributed by atoms with Gasteiger partial charge in [-0.25, -0.2) is 0 Å². The molecule has 19 heavy (non-hydrogen) atoms. The van der Waals surface area contributed by atoms with E-state index in [0.717, 1.165) is 12.2 Å². The van der Waals surface area contributed by atoms with Crippen LogP contribution in [0.15, 0.2) is 12.1 Å². The minimum Gasteiger partial charge on any atom is -0.473 e. The van der Waals surface area contributed by atoms with Crippen LogP contribution in [0.4, 0.5) is 11.5 Å². The molecule has 5 nitrogen and oxygen atoms in total. The third kappa shape index (κ3) is 5.92. The van der Waals surface area contributed by atoms with Crippen molar-refractivity contribution in [3.05, 3.63) is 12.1 Å². The highest BCUT2D eigenvalue weighted by Gasteiger charge is 2.09. The minimum atomic E-state index is -0.765. The van der Waals surface area contributed by atoms with Crippen LogP contribution in [0, 0.1) is 0 Å². The van der Waals surface area contributed by atoms with E-state index in [1.807, 2.05) is 26.8 Å². The number of nitrogens with one attached hydrogen (secondary N) is 1. The van der Waals surface area contributed by atoms with Crippen LogP contribution >= 0.6 is 0 Å². The summed E-state index contributed by atoms with van der Waals surface area (Å²) in [6, 6.07) is 3.80. The molecule has 0 aromatic carbocycles. The molecule has 1 rings (SSSR count). The molecule has 0 saturated carbocycles. The average molecular weight is 285 g/mol. The number of hydrogen-bond acceptors (Lipinski definition) is 5. The fourth-order valence-corrected chi connectivity index (χ4v) is 2.20. The van der Waals surface area contributed by atoms with Crippen molar-refractivity contribution in [3.8, 4) is 5.88 Å². The molecular formula is C13H23N3O2S. The first-order valence-electron chi connectivity index (χ1n) is 6.38. The minimum absolute atomic E-state index is 0.0324. The number of ether oxygens (including phenoxy) is 1. The summed E-state index contributed by atoms with van der Waals surface area (Å²) in [7, 11) is -0.765. The molecule has 3 N–H and O–H groups in total. The second-order valence-corrected chi connectivity index (χ2v) is 6.42. The molecule has 2 unspecified atom stereocenters. The predicted molar refractivity (Wildman–Crippen MR) is 81.0 cm³/mol. The number of nitrogens with zero attached hydrogens (tertiary/aromatic N) is 1.